The molecule has 3 heteroatoms. The van der Waals surface area contributed by atoms with Gasteiger partial charge >= 0.3 is 0 Å². The number of methoxy groups -OCH3 is 1. The van der Waals surface area contributed by atoms with Crippen LogP contribution in [0.4, 0.5) is 0 Å². The number of pyridine rings is 1. The van der Waals surface area contributed by atoms with E-state index in [1.54, 1.807) is 7.11 Å². The van der Waals surface area contributed by atoms with Gasteiger partial charge in [0.2, 0.25) is 5.88 Å². The lowest BCUT2D eigenvalue weighted by Gasteiger charge is -2.01. The van der Waals surface area contributed by atoms with Crippen LogP contribution in [-0.2, 0) is 0 Å². The van der Waals surface area contributed by atoms with E-state index in [0.29, 0.717) is 5.88 Å². The van der Waals surface area contributed by atoms with Gasteiger partial charge in [0.15, 0.2) is 0 Å². The smallest absolute Gasteiger partial charge is 0.213 e. The maximum Gasteiger partial charge on any atom is 0.213 e. The first kappa shape index (κ1) is 9.71. The molecule has 0 spiro atoms. The fourth-order valence-electron chi connectivity index (χ4n) is 1.19. The van der Waals surface area contributed by atoms with Crippen molar-refractivity contribution in [3.63, 3.8) is 0 Å². The molecule has 1 aromatic heterocycles. The molecule has 1 saturated carbocycles. The lowest BCUT2D eigenvalue weighted by Crippen LogP contribution is -1.90. The monoisotopic (exact) mass is 253 g/mol. The molecule has 1 aromatic rings. The van der Waals surface area contributed by atoms with Crippen molar-refractivity contribution in [1.82, 2.24) is 4.98 Å². The maximum atomic E-state index is 5.07. The standard InChI is InChI=1S/C11H12BrNO/c1-14-11-7-5-9(12)10(13-11)6-4-8-2-3-8/h4-8H,2-3H2,1H3. The predicted molar refractivity (Wildman–Crippen MR) is 60.2 cm³/mol. The average Bonchev–Trinajstić information content (AvgIpc) is 3.00. The van der Waals surface area contributed by atoms with Gasteiger partial charge in [0, 0.05) is 10.5 Å². The molecule has 0 amide bonds. The van der Waals surface area contributed by atoms with Crippen LogP contribution in [0.5, 0.6) is 5.88 Å². The van der Waals surface area contributed by atoms with Crippen LogP contribution in [-0.4, -0.2) is 12.1 Å². The number of hydrogen-bond acceptors (Lipinski definition) is 2. The normalized spacial score (nSPS) is 16.1. The van der Waals surface area contributed by atoms with E-state index in [1.807, 2.05) is 12.1 Å². The Labute approximate surface area is 92.1 Å². The number of rotatable bonds is 3. The van der Waals surface area contributed by atoms with Crippen molar-refractivity contribution in [3.8, 4) is 5.88 Å². The molecule has 0 bridgehead atoms. The van der Waals surface area contributed by atoms with E-state index in [2.05, 4.69) is 33.1 Å². The van der Waals surface area contributed by atoms with Crippen LogP contribution >= 0.6 is 15.9 Å². The highest BCUT2D eigenvalue weighted by molar-refractivity contribution is 9.10. The van der Waals surface area contributed by atoms with Gasteiger partial charge in [-0.15, -0.1) is 0 Å². The van der Waals surface area contributed by atoms with E-state index in [0.717, 1.165) is 16.1 Å². The zero-order chi connectivity index (χ0) is 9.97. The minimum atomic E-state index is 0.656. The molecule has 1 fully saturated rings. The van der Waals surface area contributed by atoms with Crippen molar-refractivity contribution < 1.29 is 4.74 Å². The number of halogens is 1. The maximum absolute atomic E-state index is 5.07. The second kappa shape index (κ2) is 4.13. The summed E-state index contributed by atoms with van der Waals surface area (Å²) in [6.07, 6.45) is 6.91. The Morgan fingerprint density at radius 2 is 2.29 bits per heavy atom. The van der Waals surface area contributed by atoms with Crippen LogP contribution in [0.25, 0.3) is 6.08 Å². The molecular formula is C11H12BrNO. The summed E-state index contributed by atoms with van der Waals surface area (Å²) in [5.41, 5.74) is 0.941. The molecule has 14 heavy (non-hydrogen) atoms. The Balaban J connectivity index is 2.20. The number of aromatic nitrogens is 1. The van der Waals surface area contributed by atoms with Gasteiger partial charge in [-0.1, -0.05) is 6.08 Å². The summed E-state index contributed by atoms with van der Waals surface area (Å²) in [7, 11) is 1.63. The van der Waals surface area contributed by atoms with E-state index in [-0.39, 0.29) is 0 Å². The molecule has 0 atom stereocenters. The minimum Gasteiger partial charge on any atom is -0.481 e. The molecule has 1 aliphatic rings. The van der Waals surface area contributed by atoms with E-state index < -0.39 is 0 Å². The lowest BCUT2D eigenvalue weighted by atomic mass is 10.3. The quantitative estimate of drug-likeness (QED) is 0.825. The Hall–Kier alpha value is -0.830. The lowest BCUT2D eigenvalue weighted by molar-refractivity contribution is 0.397. The van der Waals surface area contributed by atoms with Gasteiger partial charge in [0.25, 0.3) is 0 Å². The summed E-state index contributed by atoms with van der Waals surface area (Å²) >= 11 is 3.46. The molecule has 1 aliphatic carbocycles. The van der Waals surface area contributed by atoms with E-state index in [9.17, 15) is 0 Å². The van der Waals surface area contributed by atoms with Crippen LogP contribution in [0.1, 0.15) is 18.5 Å². The van der Waals surface area contributed by atoms with Crippen molar-refractivity contribution in [1.29, 1.82) is 0 Å². The summed E-state index contributed by atoms with van der Waals surface area (Å²) < 4.78 is 6.08. The second-order valence-electron chi connectivity index (χ2n) is 3.42. The van der Waals surface area contributed by atoms with Gasteiger partial charge in [-0.3, -0.25) is 0 Å². The van der Waals surface area contributed by atoms with Gasteiger partial charge in [-0.05, 0) is 46.8 Å². The summed E-state index contributed by atoms with van der Waals surface area (Å²) in [5, 5.41) is 0. The topological polar surface area (TPSA) is 22.1 Å². The largest absolute Gasteiger partial charge is 0.481 e. The van der Waals surface area contributed by atoms with Crippen molar-refractivity contribution >= 4 is 22.0 Å². The Bertz CT molecular complexity index is 358. The molecule has 2 rings (SSSR count). The van der Waals surface area contributed by atoms with Crippen molar-refractivity contribution in [2.45, 2.75) is 12.8 Å². The SMILES string of the molecule is COc1ccc(Br)c(C=CC2CC2)n1. The van der Waals surface area contributed by atoms with Crippen LogP contribution in [0.2, 0.25) is 0 Å². The Morgan fingerprint density at radius 3 is 2.93 bits per heavy atom. The van der Waals surface area contributed by atoms with Gasteiger partial charge in [-0.2, -0.15) is 0 Å². The predicted octanol–water partition coefficient (Wildman–Crippen LogP) is 3.28. The van der Waals surface area contributed by atoms with E-state index in [4.69, 9.17) is 4.74 Å². The molecule has 0 N–H and O–H groups in total. The summed E-state index contributed by atoms with van der Waals surface area (Å²) in [5.74, 6) is 1.43. The highest BCUT2D eigenvalue weighted by Gasteiger charge is 2.17. The van der Waals surface area contributed by atoms with Crippen LogP contribution in [0.15, 0.2) is 22.7 Å². The van der Waals surface area contributed by atoms with Crippen molar-refractivity contribution in [3.05, 3.63) is 28.4 Å². The number of ether oxygens (including phenoxy) is 1. The molecule has 0 aromatic carbocycles. The van der Waals surface area contributed by atoms with Gasteiger partial charge in [-0.25, -0.2) is 4.98 Å². The minimum absolute atomic E-state index is 0.656. The van der Waals surface area contributed by atoms with Gasteiger partial charge in [0.1, 0.15) is 0 Å². The zero-order valence-corrected chi connectivity index (χ0v) is 9.62. The first-order chi connectivity index (χ1) is 6.79. The first-order valence-electron chi connectivity index (χ1n) is 4.68. The summed E-state index contributed by atoms with van der Waals surface area (Å²) in [6.45, 7) is 0. The fraction of sp³-hybridized carbons (Fsp3) is 0.364. The van der Waals surface area contributed by atoms with Crippen molar-refractivity contribution in [2.75, 3.05) is 7.11 Å². The molecule has 2 nitrogen and oxygen atoms in total. The van der Waals surface area contributed by atoms with Gasteiger partial charge in [0.05, 0.1) is 12.8 Å². The number of nitrogens with zero attached hydrogens (tertiary/aromatic N) is 1. The van der Waals surface area contributed by atoms with E-state index in [1.165, 1.54) is 12.8 Å². The molecule has 1 heterocycles. The first-order valence-corrected chi connectivity index (χ1v) is 5.47. The average molecular weight is 254 g/mol. The number of allylic oxidation sites excluding steroid dienone is 1. The second-order valence-corrected chi connectivity index (χ2v) is 4.27. The Kier molecular flexibility index (Phi) is 2.87. The molecule has 0 saturated heterocycles. The number of hydrogen-bond donors (Lipinski definition) is 0. The van der Waals surface area contributed by atoms with Crippen LogP contribution in [0.3, 0.4) is 0 Å². The van der Waals surface area contributed by atoms with Crippen molar-refractivity contribution in [2.24, 2.45) is 5.92 Å². The third-order valence-electron chi connectivity index (χ3n) is 2.20. The fourth-order valence-corrected chi connectivity index (χ4v) is 1.54. The summed E-state index contributed by atoms with van der Waals surface area (Å²) in [4.78, 5) is 4.33. The van der Waals surface area contributed by atoms with Gasteiger partial charge < -0.3 is 4.74 Å². The molecule has 74 valence electrons. The third kappa shape index (κ3) is 2.35. The molecule has 0 radical (unpaired) electrons. The molecular weight excluding hydrogens is 242 g/mol. The molecule has 0 unspecified atom stereocenters. The van der Waals surface area contributed by atoms with Crippen LogP contribution < -0.4 is 4.74 Å². The zero-order valence-electron chi connectivity index (χ0n) is 8.03. The Morgan fingerprint density at radius 1 is 1.50 bits per heavy atom. The van der Waals surface area contributed by atoms with Crippen LogP contribution in [0, 0.1) is 5.92 Å². The third-order valence-corrected chi connectivity index (χ3v) is 2.88. The summed E-state index contributed by atoms with van der Waals surface area (Å²) in [6, 6.07) is 3.80. The molecule has 0 aliphatic heterocycles. The highest BCUT2D eigenvalue weighted by atomic mass is 79.9. The van der Waals surface area contributed by atoms with E-state index >= 15 is 0 Å². The highest BCUT2D eigenvalue weighted by Crippen LogP contribution is 2.31.